The largest absolute Gasteiger partial charge is 0.511 e. The molecule has 2 aromatic carbocycles. The molecule has 1 heterocycles. The summed E-state index contributed by atoms with van der Waals surface area (Å²) in [4.78, 5) is 30.5. The molecule has 1 saturated carbocycles. The van der Waals surface area contributed by atoms with Crippen molar-refractivity contribution >= 4 is 38.9 Å². The summed E-state index contributed by atoms with van der Waals surface area (Å²) in [5.74, 6) is 0.510. The van der Waals surface area contributed by atoms with Crippen LogP contribution in [0.3, 0.4) is 0 Å². The Morgan fingerprint density at radius 2 is 1.80 bits per heavy atom. The van der Waals surface area contributed by atoms with Gasteiger partial charge in [-0.15, -0.1) is 0 Å². The molecule has 0 bridgehead atoms. The van der Waals surface area contributed by atoms with E-state index in [0.717, 1.165) is 16.5 Å². The van der Waals surface area contributed by atoms with Gasteiger partial charge < -0.3 is 9.63 Å². The number of Topliss-reactive ketones (excluding diaryl/α,β-unsaturated/α-hetero) is 2. The van der Waals surface area contributed by atoms with Crippen LogP contribution in [0.4, 0.5) is 5.69 Å². The second-order valence-corrected chi connectivity index (χ2v) is 9.92. The van der Waals surface area contributed by atoms with Crippen molar-refractivity contribution in [3.05, 3.63) is 93.0 Å². The minimum atomic E-state index is -0.128. The fourth-order valence-corrected chi connectivity index (χ4v) is 5.14. The highest BCUT2D eigenvalue weighted by atomic mass is 79.9. The number of aliphatic hydroxyl groups excluding tert-OH is 1. The summed E-state index contributed by atoms with van der Waals surface area (Å²) in [5.41, 5.74) is 3.75. The van der Waals surface area contributed by atoms with Crippen LogP contribution in [0.5, 0.6) is 0 Å². The molecule has 0 spiro atoms. The molecule has 178 valence electrons. The number of halogens is 1. The third-order valence-corrected chi connectivity index (χ3v) is 7.14. The highest BCUT2D eigenvalue weighted by Gasteiger charge is 2.33. The number of rotatable bonds is 5. The van der Waals surface area contributed by atoms with Gasteiger partial charge in [-0.25, -0.2) is 0 Å². The molecule has 5 rings (SSSR count). The van der Waals surface area contributed by atoms with Crippen LogP contribution in [-0.4, -0.2) is 27.5 Å². The Morgan fingerprint density at radius 3 is 2.57 bits per heavy atom. The molecule has 1 N–H and O–H groups in total. The molecular formula is C28H25BrN2O4. The van der Waals surface area contributed by atoms with Crippen LogP contribution in [0.2, 0.25) is 0 Å². The predicted molar refractivity (Wildman–Crippen MR) is 136 cm³/mol. The van der Waals surface area contributed by atoms with Crippen LogP contribution >= 0.6 is 15.9 Å². The van der Waals surface area contributed by atoms with Gasteiger partial charge in [-0.3, -0.25) is 14.6 Å². The number of aryl methyl sites for hydroxylation is 2. The maximum absolute atomic E-state index is 13.3. The molecule has 7 heteroatoms. The Hall–Kier alpha value is -3.32. The Kier molecular flexibility index (Phi) is 6.77. The molecule has 1 aromatic heterocycles. The van der Waals surface area contributed by atoms with E-state index in [1.165, 1.54) is 0 Å². The number of fused-ring (bicyclic) bond motifs is 1. The van der Waals surface area contributed by atoms with Crippen LogP contribution in [0.25, 0.3) is 0 Å². The van der Waals surface area contributed by atoms with Gasteiger partial charge >= 0.3 is 0 Å². The number of allylic oxidation sites excluding steroid dienone is 2. The molecule has 6 nitrogen and oxygen atoms in total. The molecule has 2 aliphatic carbocycles. The van der Waals surface area contributed by atoms with Crippen molar-refractivity contribution in [1.82, 2.24) is 5.16 Å². The minimum Gasteiger partial charge on any atom is -0.511 e. The van der Waals surface area contributed by atoms with Gasteiger partial charge in [-0.05, 0) is 48.6 Å². The minimum absolute atomic E-state index is 0.00497. The van der Waals surface area contributed by atoms with Crippen molar-refractivity contribution in [1.29, 1.82) is 0 Å². The summed E-state index contributed by atoms with van der Waals surface area (Å²) in [7, 11) is 0. The van der Waals surface area contributed by atoms with Crippen LogP contribution in [-0.2, 0) is 17.6 Å². The van der Waals surface area contributed by atoms with E-state index in [4.69, 9.17) is 9.52 Å². The molecule has 2 aliphatic rings. The zero-order valence-electron chi connectivity index (χ0n) is 19.2. The van der Waals surface area contributed by atoms with Gasteiger partial charge in [0.1, 0.15) is 11.5 Å². The number of carbonyl (C=O) groups excluding carboxylic acids is 2. The fourth-order valence-electron chi connectivity index (χ4n) is 4.87. The third kappa shape index (κ3) is 5.05. The van der Waals surface area contributed by atoms with E-state index >= 15 is 0 Å². The monoisotopic (exact) mass is 532 g/mol. The Bertz CT molecular complexity index is 1320. The average Bonchev–Trinajstić information content (AvgIpc) is 3.29. The number of aliphatic imine (C=N–C) groups is 1. The fraction of sp³-hybridized carbons (Fsp3) is 0.286. The van der Waals surface area contributed by atoms with Crippen molar-refractivity contribution in [3.63, 3.8) is 0 Å². The van der Waals surface area contributed by atoms with Gasteiger partial charge in [-0.2, -0.15) is 0 Å². The van der Waals surface area contributed by atoms with Crippen molar-refractivity contribution in [2.75, 3.05) is 0 Å². The van der Waals surface area contributed by atoms with Gasteiger partial charge in [0.25, 0.3) is 0 Å². The molecule has 35 heavy (non-hydrogen) atoms. The molecule has 0 saturated heterocycles. The molecule has 1 fully saturated rings. The zero-order chi connectivity index (χ0) is 24.4. The summed E-state index contributed by atoms with van der Waals surface area (Å²) < 4.78 is 6.30. The maximum Gasteiger partial charge on any atom is 0.168 e. The Labute approximate surface area is 211 Å². The summed E-state index contributed by atoms with van der Waals surface area (Å²) in [5, 5.41) is 15.2. The first-order valence-electron chi connectivity index (χ1n) is 11.8. The van der Waals surface area contributed by atoms with Gasteiger partial charge in [0.2, 0.25) is 0 Å². The lowest BCUT2D eigenvalue weighted by Crippen LogP contribution is -2.26. The Balaban J connectivity index is 1.46. The Morgan fingerprint density at radius 1 is 1.03 bits per heavy atom. The van der Waals surface area contributed by atoms with E-state index in [-0.39, 0.29) is 35.2 Å². The average molecular weight is 533 g/mol. The summed E-state index contributed by atoms with van der Waals surface area (Å²) in [6.07, 6.45) is 3.30. The number of hydrogen-bond donors (Lipinski definition) is 1. The number of ketones is 2. The van der Waals surface area contributed by atoms with E-state index in [1.807, 2.05) is 54.6 Å². The van der Waals surface area contributed by atoms with Gasteiger partial charge in [0.05, 0.1) is 28.2 Å². The maximum atomic E-state index is 13.3. The number of aromatic nitrogens is 1. The van der Waals surface area contributed by atoms with Crippen molar-refractivity contribution in [2.24, 2.45) is 4.99 Å². The van der Waals surface area contributed by atoms with Gasteiger partial charge in [0.15, 0.2) is 11.6 Å². The topological polar surface area (TPSA) is 92.8 Å². The number of aliphatic hydroxyl groups is 1. The van der Waals surface area contributed by atoms with Crippen molar-refractivity contribution in [2.45, 2.75) is 50.9 Å². The number of hydrogen-bond acceptors (Lipinski definition) is 6. The van der Waals surface area contributed by atoms with Crippen LogP contribution in [0.15, 0.2) is 79.9 Å². The highest BCUT2D eigenvalue weighted by molar-refractivity contribution is 9.10. The van der Waals surface area contributed by atoms with Gasteiger partial charge in [-0.1, -0.05) is 51.4 Å². The molecule has 0 amide bonds. The number of benzene rings is 2. The number of carbonyl (C=O) groups is 2. The van der Waals surface area contributed by atoms with Crippen molar-refractivity contribution < 1.29 is 19.2 Å². The van der Waals surface area contributed by atoms with Crippen molar-refractivity contribution in [3.8, 4) is 0 Å². The van der Waals surface area contributed by atoms with E-state index in [0.29, 0.717) is 60.5 Å². The lowest BCUT2D eigenvalue weighted by Gasteiger charge is -2.26. The van der Waals surface area contributed by atoms with E-state index in [1.54, 1.807) is 0 Å². The zero-order valence-corrected chi connectivity index (χ0v) is 20.8. The highest BCUT2D eigenvalue weighted by Crippen LogP contribution is 2.35. The van der Waals surface area contributed by atoms with Gasteiger partial charge in [0, 0.05) is 36.6 Å². The summed E-state index contributed by atoms with van der Waals surface area (Å²) in [6, 6.07) is 17.5. The normalized spacial score (nSPS) is 20.7. The number of nitrogens with zero attached hydrogens (tertiary/aromatic N) is 2. The smallest absolute Gasteiger partial charge is 0.168 e. The third-order valence-electron chi connectivity index (χ3n) is 6.61. The van der Waals surface area contributed by atoms with Crippen LogP contribution < -0.4 is 0 Å². The van der Waals surface area contributed by atoms with E-state index in [9.17, 15) is 14.7 Å². The summed E-state index contributed by atoms with van der Waals surface area (Å²) in [6.45, 7) is 0. The molecular weight excluding hydrogens is 508 g/mol. The second kappa shape index (κ2) is 10.1. The second-order valence-electron chi connectivity index (χ2n) is 9.00. The first-order valence-corrected chi connectivity index (χ1v) is 12.6. The SMILES string of the molecule is O=C1CC(c2ccccc2)CC(=Nc2ccc(Br)cc2)C1=C(O)CCc1noc2c1C(=O)CCC2. The summed E-state index contributed by atoms with van der Waals surface area (Å²) >= 11 is 3.44. The standard InChI is InChI=1S/C28H25BrN2O4/c29-19-9-11-20(12-10-19)30-22-15-18(17-5-2-1-3-6-17)16-25(34)27(22)24(33)14-13-21-28-23(32)7-4-8-26(28)35-31-21/h1-3,5-6,9-12,18,33H,4,7-8,13-16H2. The molecule has 3 aromatic rings. The first-order chi connectivity index (χ1) is 17.0. The molecule has 0 aliphatic heterocycles. The first kappa shape index (κ1) is 23.4. The van der Waals surface area contributed by atoms with E-state index in [2.05, 4.69) is 21.1 Å². The van der Waals surface area contributed by atoms with Crippen LogP contribution in [0, 0.1) is 0 Å². The quantitative estimate of drug-likeness (QED) is 0.294. The lowest BCUT2D eigenvalue weighted by atomic mass is 9.78. The van der Waals surface area contributed by atoms with E-state index < -0.39 is 0 Å². The molecule has 1 atom stereocenters. The lowest BCUT2D eigenvalue weighted by molar-refractivity contribution is -0.116. The molecule has 1 unspecified atom stereocenters. The molecule has 0 radical (unpaired) electrons. The predicted octanol–water partition coefficient (Wildman–Crippen LogP) is 6.62. The van der Waals surface area contributed by atoms with Crippen LogP contribution in [0.1, 0.15) is 65.4 Å².